The summed E-state index contributed by atoms with van der Waals surface area (Å²) in [6.45, 7) is 9.94. The molecule has 0 heterocycles. The highest BCUT2D eigenvalue weighted by molar-refractivity contribution is 5.77. The van der Waals surface area contributed by atoms with Gasteiger partial charge in [-0.2, -0.15) is 0 Å². The Balaban J connectivity index is 3.82. The molecule has 4 heteroatoms. The quantitative estimate of drug-likeness (QED) is 0.615. The lowest BCUT2D eigenvalue weighted by Crippen LogP contribution is -2.41. The summed E-state index contributed by atoms with van der Waals surface area (Å²) in [7, 11) is 0. The number of carbonyl (C=O) groups is 1. The van der Waals surface area contributed by atoms with Crippen LogP contribution in [0.15, 0.2) is 0 Å². The molecule has 0 rings (SSSR count). The zero-order valence-electron chi connectivity index (χ0n) is 11.0. The molecular formula is C12H27N3O. The van der Waals surface area contributed by atoms with Crippen molar-refractivity contribution in [2.24, 2.45) is 11.7 Å². The van der Waals surface area contributed by atoms with Crippen molar-refractivity contribution in [1.29, 1.82) is 0 Å². The van der Waals surface area contributed by atoms with E-state index >= 15 is 0 Å². The van der Waals surface area contributed by atoms with E-state index < -0.39 is 0 Å². The van der Waals surface area contributed by atoms with Gasteiger partial charge in [0.25, 0.3) is 0 Å². The van der Waals surface area contributed by atoms with Crippen LogP contribution in [0.25, 0.3) is 0 Å². The lowest BCUT2D eigenvalue weighted by atomic mass is 10.2. The molecule has 4 nitrogen and oxygen atoms in total. The highest BCUT2D eigenvalue weighted by atomic mass is 16.2. The molecule has 0 aromatic heterocycles. The number of unbranched alkanes of at least 4 members (excludes halogenated alkanes) is 1. The van der Waals surface area contributed by atoms with Gasteiger partial charge in [0, 0.05) is 19.6 Å². The Morgan fingerprint density at radius 2 is 2.06 bits per heavy atom. The van der Waals surface area contributed by atoms with Gasteiger partial charge in [-0.25, -0.2) is 0 Å². The fraction of sp³-hybridized carbons (Fsp3) is 0.917. The number of amides is 1. The maximum Gasteiger partial charge on any atom is 0.234 e. The number of nitrogens with one attached hydrogen (secondary N) is 1. The number of carbonyl (C=O) groups excluding carboxylic acids is 1. The minimum Gasteiger partial charge on any atom is -0.355 e. The number of rotatable bonds is 9. The monoisotopic (exact) mass is 229 g/mol. The van der Waals surface area contributed by atoms with Gasteiger partial charge in [0.15, 0.2) is 0 Å². The van der Waals surface area contributed by atoms with E-state index in [1.807, 2.05) is 0 Å². The molecule has 0 aromatic rings. The lowest BCUT2D eigenvalue weighted by molar-refractivity contribution is -0.122. The maximum atomic E-state index is 11.6. The Labute approximate surface area is 99.6 Å². The van der Waals surface area contributed by atoms with Crippen LogP contribution in [0.2, 0.25) is 0 Å². The van der Waals surface area contributed by atoms with Crippen LogP contribution in [0.3, 0.4) is 0 Å². The van der Waals surface area contributed by atoms with Crippen molar-refractivity contribution in [3.63, 3.8) is 0 Å². The predicted molar refractivity (Wildman–Crippen MR) is 68.3 cm³/mol. The van der Waals surface area contributed by atoms with Crippen LogP contribution in [-0.2, 0) is 4.79 Å². The molecule has 0 saturated heterocycles. The van der Waals surface area contributed by atoms with Gasteiger partial charge in [0.1, 0.15) is 0 Å². The van der Waals surface area contributed by atoms with Gasteiger partial charge in [-0.15, -0.1) is 0 Å². The topological polar surface area (TPSA) is 58.4 Å². The van der Waals surface area contributed by atoms with Gasteiger partial charge in [0.2, 0.25) is 5.91 Å². The van der Waals surface area contributed by atoms with Crippen LogP contribution in [-0.4, -0.2) is 43.5 Å². The zero-order chi connectivity index (χ0) is 12.4. The van der Waals surface area contributed by atoms with E-state index in [2.05, 4.69) is 31.0 Å². The smallest absolute Gasteiger partial charge is 0.234 e. The van der Waals surface area contributed by atoms with Crippen molar-refractivity contribution < 1.29 is 4.79 Å². The number of nitrogens with zero attached hydrogens (tertiary/aromatic N) is 1. The minimum atomic E-state index is 0.109. The second kappa shape index (κ2) is 9.60. The molecule has 0 unspecified atom stereocenters. The zero-order valence-corrected chi connectivity index (χ0v) is 11.0. The van der Waals surface area contributed by atoms with Gasteiger partial charge < -0.3 is 11.1 Å². The van der Waals surface area contributed by atoms with Gasteiger partial charge >= 0.3 is 0 Å². The fourth-order valence-corrected chi connectivity index (χ4v) is 1.41. The Morgan fingerprint density at radius 3 is 2.56 bits per heavy atom. The first-order valence-corrected chi connectivity index (χ1v) is 6.29. The number of hydrogen-bond donors (Lipinski definition) is 2. The predicted octanol–water partition coefficient (Wildman–Crippen LogP) is 0.819. The normalized spacial score (nSPS) is 11.1. The van der Waals surface area contributed by atoms with Crippen LogP contribution in [0.4, 0.5) is 0 Å². The van der Waals surface area contributed by atoms with E-state index in [1.54, 1.807) is 0 Å². The molecule has 0 aliphatic carbocycles. The minimum absolute atomic E-state index is 0.109. The fourth-order valence-electron chi connectivity index (χ4n) is 1.41. The molecule has 0 saturated carbocycles. The standard InChI is InChI=1S/C12H27N3O/c1-4-5-7-15(8-6-13)10-12(16)14-9-11(2)3/h11H,4-10,13H2,1-3H3,(H,14,16). The molecule has 0 fully saturated rings. The Hall–Kier alpha value is -0.610. The van der Waals surface area contributed by atoms with Crippen molar-refractivity contribution in [1.82, 2.24) is 10.2 Å². The van der Waals surface area contributed by atoms with Crippen molar-refractivity contribution in [2.45, 2.75) is 33.6 Å². The Bertz CT molecular complexity index is 183. The van der Waals surface area contributed by atoms with Crippen LogP contribution < -0.4 is 11.1 Å². The summed E-state index contributed by atoms with van der Waals surface area (Å²) >= 11 is 0. The highest BCUT2D eigenvalue weighted by Crippen LogP contribution is 1.94. The summed E-state index contributed by atoms with van der Waals surface area (Å²) in [5.41, 5.74) is 5.53. The van der Waals surface area contributed by atoms with Crippen molar-refractivity contribution in [3.8, 4) is 0 Å². The Kier molecular flexibility index (Phi) is 9.24. The molecule has 16 heavy (non-hydrogen) atoms. The summed E-state index contributed by atoms with van der Waals surface area (Å²) in [5, 5.41) is 2.93. The van der Waals surface area contributed by atoms with Crippen molar-refractivity contribution >= 4 is 5.91 Å². The molecule has 0 atom stereocenters. The maximum absolute atomic E-state index is 11.6. The molecule has 0 aromatic carbocycles. The third kappa shape index (κ3) is 8.68. The molecular weight excluding hydrogens is 202 g/mol. The first-order valence-electron chi connectivity index (χ1n) is 6.29. The van der Waals surface area contributed by atoms with E-state index in [0.29, 0.717) is 19.0 Å². The van der Waals surface area contributed by atoms with Gasteiger partial charge in [-0.05, 0) is 18.9 Å². The first-order chi connectivity index (χ1) is 7.60. The first kappa shape index (κ1) is 15.4. The van der Waals surface area contributed by atoms with Crippen LogP contribution in [0, 0.1) is 5.92 Å². The molecule has 0 aliphatic rings. The van der Waals surface area contributed by atoms with E-state index in [9.17, 15) is 4.79 Å². The van der Waals surface area contributed by atoms with Gasteiger partial charge in [0.05, 0.1) is 6.54 Å². The average Bonchev–Trinajstić information content (AvgIpc) is 2.23. The summed E-state index contributed by atoms with van der Waals surface area (Å²) in [4.78, 5) is 13.7. The second-order valence-corrected chi connectivity index (χ2v) is 4.62. The highest BCUT2D eigenvalue weighted by Gasteiger charge is 2.09. The number of hydrogen-bond acceptors (Lipinski definition) is 3. The SMILES string of the molecule is CCCCN(CCN)CC(=O)NCC(C)C. The molecule has 96 valence electrons. The molecule has 1 amide bonds. The van der Waals surface area contributed by atoms with Gasteiger partial charge in [-0.1, -0.05) is 27.2 Å². The van der Waals surface area contributed by atoms with Crippen LogP contribution in [0.5, 0.6) is 0 Å². The molecule has 0 radical (unpaired) electrons. The molecule has 0 bridgehead atoms. The number of nitrogens with two attached hydrogens (primary N) is 1. The average molecular weight is 229 g/mol. The second-order valence-electron chi connectivity index (χ2n) is 4.62. The van der Waals surface area contributed by atoms with Crippen LogP contribution in [0.1, 0.15) is 33.6 Å². The molecule has 0 spiro atoms. The largest absolute Gasteiger partial charge is 0.355 e. The molecule has 0 aliphatic heterocycles. The summed E-state index contributed by atoms with van der Waals surface area (Å²) < 4.78 is 0. The van der Waals surface area contributed by atoms with E-state index in [4.69, 9.17) is 5.73 Å². The summed E-state index contributed by atoms with van der Waals surface area (Å²) in [6.07, 6.45) is 2.27. The van der Waals surface area contributed by atoms with Crippen molar-refractivity contribution in [3.05, 3.63) is 0 Å². The Morgan fingerprint density at radius 1 is 1.38 bits per heavy atom. The third-order valence-electron chi connectivity index (χ3n) is 2.35. The lowest BCUT2D eigenvalue weighted by Gasteiger charge is -2.20. The summed E-state index contributed by atoms with van der Waals surface area (Å²) in [5.74, 6) is 0.612. The van der Waals surface area contributed by atoms with Crippen molar-refractivity contribution in [2.75, 3.05) is 32.7 Å². The van der Waals surface area contributed by atoms with Crippen LogP contribution >= 0.6 is 0 Å². The third-order valence-corrected chi connectivity index (χ3v) is 2.35. The van der Waals surface area contributed by atoms with E-state index in [1.165, 1.54) is 0 Å². The van der Waals surface area contributed by atoms with E-state index in [-0.39, 0.29) is 5.91 Å². The van der Waals surface area contributed by atoms with Gasteiger partial charge in [-0.3, -0.25) is 9.69 Å². The van der Waals surface area contributed by atoms with E-state index in [0.717, 1.165) is 32.5 Å². The molecule has 3 N–H and O–H groups in total. The summed E-state index contributed by atoms with van der Waals surface area (Å²) in [6, 6.07) is 0.